The molecule has 0 spiro atoms. The molecule has 1 rings (SSSR count). The largest absolute Gasteiger partial charge is 0.496 e. The zero-order valence-corrected chi connectivity index (χ0v) is 11.0. The molecule has 18 heavy (non-hydrogen) atoms. The van der Waals surface area contributed by atoms with E-state index >= 15 is 0 Å². The fourth-order valence-electron chi connectivity index (χ4n) is 1.71. The zero-order chi connectivity index (χ0) is 13.5. The summed E-state index contributed by atoms with van der Waals surface area (Å²) in [5, 5.41) is 0. The van der Waals surface area contributed by atoms with Crippen LogP contribution in [0.5, 0.6) is 11.5 Å². The lowest BCUT2D eigenvalue weighted by Gasteiger charge is -2.14. The van der Waals surface area contributed by atoms with Crippen molar-refractivity contribution in [2.75, 3.05) is 27.9 Å². The molecule has 0 aliphatic heterocycles. The van der Waals surface area contributed by atoms with Gasteiger partial charge in [-0.15, -0.1) is 0 Å². The molecule has 5 heteroatoms. The number of benzene rings is 1. The fourth-order valence-corrected chi connectivity index (χ4v) is 1.71. The average Bonchev–Trinajstić information content (AvgIpc) is 2.39. The number of ether oxygens (including phenoxy) is 3. The average molecular weight is 253 g/mol. The molecular weight excluding hydrogens is 234 g/mol. The molecule has 0 radical (unpaired) electrons. The van der Waals surface area contributed by atoms with E-state index in [-0.39, 0.29) is 5.78 Å². The lowest BCUT2D eigenvalue weighted by atomic mass is 10.0. The van der Waals surface area contributed by atoms with Crippen molar-refractivity contribution in [2.24, 2.45) is 5.73 Å². The highest BCUT2D eigenvalue weighted by molar-refractivity contribution is 5.97. The highest BCUT2D eigenvalue weighted by Crippen LogP contribution is 2.31. The van der Waals surface area contributed by atoms with E-state index < -0.39 is 0 Å². The van der Waals surface area contributed by atoms with E-state index in [1.165, 1.54) is 0 Å². The van der Waals surface area contributed by atoms with Gasteiger partial charge in [-0.1, -0.05) is 0 Å². The van der Waals surface area contributed by atoms with Crippen molar-refractivity contribution >= 4 is 5.78 Å². The first kappa shape index (κ1) is 14.5. The van der Waals surface area contributed by atoms with Crippen molar-refractivity contribution in [1.29, 1.82) is 0 Å². The van der Waals surface area contributed by atoms with Gasteiger partial charge in [-0.3, -0.25) is 4.79 Å². The van der Waals surface area contributed by atoms with Crippen molar-refractivity contribution in [1.82, 2.24) is 0 Å². The number of methoxy groups -OCH3 is 3. The Hall–Kier alpha value is -1.59. The van der Waals surface area contributed by atoms with E-state index in [0.29, 0.717) is 36.6 Å². The summed E-state index contributed by atoms with van der Waals surface area (Å²) in [5.74, 6) is 1.13. The molecule has 0 atom stereocenters. The van der Waals surface area contributed by atoms with Crippen LogP contribution in [0.3, 0.4) is 0 Å². The van der Waals surface area contributed by atoms with E-state index in [9.17, 15) is 4.79 Å². The normalized spacial score (nSPS) is 10.2. The third kappa shape index (κ3) is 3.21. The molecule has 0 aliphatic rings. The third-order valence-electron chi connectivity index (χ3n) is 2.59. The molecule has 0 fully saturated rings. The number of ketones is 1. The number of carbonyl (C=O) groups excluding carboxylic acids is 1. The van der Waals surface area contributed by atoms with Crippen LogP contribution < -0.4 is 15.2 Å². The van der Waals surface area contributed by atoms with Crippen molar-refractivity contribution in [3.63, 3.8) is 0 Å². The Balaban J connectivity index is 3.21. The maximum Gasteiger partial charge on any atom is 0.164 e. The van der Waals surface area contributed by atoms with Gasteiger partial charge >= 0.3 is 0 Å². The summed E-state index contributed by atoms with van der Waals surface area (Å²) in [6, 6.07) is 3.38. The second-order valence-corrected chi connectivity index (χ2v) is 3.75. The first-order chi connectivity index (χ1) is 8.67. The van der Waals surface area contributed by atoms with Gasteiger partial charge in [0.1, 0.15) is 11.5 Å². The van der Waals surface area contributed by atoms with Gasteiger partial charge in [0.15, 0.2) is 5.78 Å². The molecule has 5 nitrogen and oxygen atoms in total. The first-order valence-corrected chi connectivity index (χ1v) is 5.65. The molecule has 1 aromatic carbocycles. The van der Waals surface area contributed by atoms with Crippen molar-refractivity contribution in [3.8, 4) is 11.5 Å². The number of hydrogen-bond acceptors (Lipinski definition) is 5. The van der Waals surface area contributed by atoms with Crippen LogP contribution >= 0.6 is 0 Å². The van der Waals surface area contributed by atoms with Gasteiger partial charge < -0.3 is 19.9 Å². The van der Waals surface area contributed by atoms with Crippen LogP contribution in [-0.2, 0) is 11.3 Å². The van der Waals surface area contributed by atoms with Crippen LogP contribution in [0.4, 0.5) is 0 Å². The molecule has 0 aliphatic carbocycles. The Kier molecular flexibility index (Phi) is 5.61. The van der Waals surface area contributed by atoms with Crippen LogP contribution in [0.15, 0.2) is 12.1 Å². The van der Waals surface area contributed by atoms with Crippen molar-refractivity contribution in [3.05, 3.63) is 23.3 Å². The topological polar surface area (TPSA) is 70.8 Å². The number of nitrogens with two attached hydrogens (primary N) is 1. The number of carbonyl (C=O) groups is 1. The summed E-state index contributed by atoms with van der Waals surface area (Å²) in [5.41, 5.74) is 6.70. The predicted molar refractivity (Wildman–Crippen MR) is 68.3 cm³/mol. The Bertz CT molecular complexity index is 392. The lowest BCUT2D eigenvalue weighted by Crippen LogP contribution is -2.09. The van der Waals surface area contributed by atoms with Gasteiger partial charge in [-0.2, -0.15) is 0 Å². The van der Waals surface area contributed by atoms with Gasteiger partial charge in [0, 0.05) is 19.1 Å². The molecule has 0 unspecified atom stereocenters. The van der Waals surface area contributed by atoms with E-state index in [1.54, 1.807) is 33.5 Å². The minimum Gasteiger partial charge on any atom is -0.496 e. The quantitative estimate of drug-likeness (QED) is 0.743. The second kappa shape index (κ2) is 6.98. The Morgan fingerprint density at radius 3 is 2.11 bits per heavy atom. The molecule has 1 aromatic rings. The van der Waals surface area contributed by atoms with Crippen LogP contribution in [-0.4, -0.2) is 33.7 Å². The molecular formula is C13H19NO4. The lowest BCUT2D eigenvalue weighted by molar-refractivity contribution is 0.0984. The SMILES string of the molecule is COCc1c(OC)cc(C(=O)CCN)cc1OC. The van der Waals surface area contributed by atoms with Gasteiger partial charge in [-0.25, -0.2) is 0 Å². The number of rotatable bonds is 7. The third-order valence-corrected chi connectivity index (χ3v) is 2.59. The maximum absolute atomic E-state index is 11.8. The van der Waals surface area contributed by atoms with E-state index in [1.807, 2.05) is 0 Å². The molecule has 0 bridgehead atoms. The summed E-state index contributed by atoms with van der Waals surface area (Å²) in [7, 11) is 4.68. The summed E-state index contributed by atoms with van der Waals surface area (Å²) in [6.45, 7) is 0.682. The standard InChI is InChI=1S/C13H19NO4/c1-16-8-10-12(17-2)6-9(7-13(10)18-3)11(15)4-5-14/h6-7H,4-5,8,14H2,1-3H3. The molecule has 0 aromatic heterocycles. The summed E-state index contributed by atoms with van der Waals surface area (Å²) < 4.78 is 15.6. The van der Waals surface area contributed by atoms with Crippen LogP contribution in [0.1, 0.15) is 22.3 Å². The Labute approximate surface area is 107 Å². The van der Waals surface area contributed by atoms with Crippen molar-refractivity contribution < 1.29 is 19.0 Å². The number of Topliss-reactive ketones (excluding diaryl/α,β-unsaturated/α-hetero) is 1. The minimum atomic E-state index is -0.0296. The zero-order valence-electron chi connectivity index (χ0n) is 11.0. The minimum absolute atomic E-state index is 0.0296. The Morgan fingerprint density at radius 2 is 1.72 bits per heavy atom. The predicted octanol–water partition coefficient (Wildman–Crippen LogP) is 1.38. The highest BCUT2D eigenvalue weighted by Gasteiger charge is 2.15. The molecule has 0 saturated carbocycles. The van der Waals surface area contributed by atoms with Gasteiger partial charge in [0.25, 0.3) is 0 Å². The van der Waals surface area contributed by atoms with Crippen LogP contribution in [0, 0.1) is 0 Å². The summed E-state index contributed by atoms with van der Waals surface area (Å²) in [4.78, 5) is 11.8. The van der Waals surface area contributed by atoms with E-state index in [0.717, 1.165) is 5.56 Å². The fraction of sp³-hybridized carbons (Fsp3) is 0.462. The van der Waals surface area contributed by atoms with Gasteiger partial charge in [0.2, 0.25) is 0 Å². The van der Waals surface area contributed by atoms with Crippen LogP contribution in [0.2, 0.25) is 0 Å². The number of hydrogen-bond donors (Lipinski definition) is 1. The van der Waals surface area contributed by atoms with Crippen LogP contribution in [0.25, 0.3) is 0 Å². The van der Waals surface area contributed by atoms with E-state index in [2.05, 4.69) is 0 Å². The summed E-state index contributed by atoms with van der Waals surface area (Å²) in [6.07, 6.45) is 0.302. The van der Waals surface area contributed by atoms with Gasteiger partial charge in [-0.05, 0) is 18.7 Å². The second-order valence-electron chi connectivity index (χ2n) is 3.75. The Morgan fingerprint density at radius 1 is 1.17 bits per heavy atom. The van der Waals surface area contributed by atoms with E-state index in [4.69, 9.17) is 19.9 Å². The van der Waals surface area contributed by atoms with Gasteiger partial charge in [0.05, 0.1) is 26.4 Å². The van der Waals surface area contributed by atoms with Crippen molar-refractivity contribution in [2.45, 2.75) is 13.0 Å². The highest BCUT2D eigenvalue weighted by atomic mass is 16.5. The molecule has 0 heterocycles. The molecule has 0 amide bonds. The monoisotopic (exact) mass is 253 g/mol. The molecule has 100 valence electrons. The summed E-state index contributed by atoms with van der Waals surface area (Å²) >= 11 is 0. The first-order valence-electron chi connectivity index (χ1n) is 5.65. The smallest absolute Gasteiger partial charge is 0.164 e. The molecule has 2 N–H and O–H groups in total. The maximum atomic E-state index is 11.8. The molecule has 0 saturated heterocycles.